The van der Waals surface area contributed by atoms with Crippen LogP contribution in [0.25, 0.3) is 0 Å². The van der Waals surface area contributed by atoms with Crippen molar-refractivity contribution in [1.29, 1.82) is 5.26 Å². The van der Waals surface area contributed by atoms with Gasteiger partial charge in [-0.05, 0) is 38.1 Å². The number of halogens is 1. The third-order valence-corrected chi connectivity index (χ3v) is 3.30. The number of hydrogen-bond acceptors (Lipinski definition) is 3. The van der Waals surface area contributed by atoms with Crippen LogP contribution in [0.2, 0.25) is 0 Å². The van der Waals surface area contributed by atoms with Crippen molar-refractivity contribution >= 4 is 21.6 Å². The van der Waals surface area contributed by atoms with Crippen molar-refractivity contribution in [2.45, 2.75) is 18.9 Å². The van der Waals surface area contributed by atoms with Crippen LogP contribution in [-0.2, 0) is 0 Å². The van der Waals surface area contributed by atoms with Gasteiger partial charge in [-0.1, -0.05) is 15.9 Å². The second kappa shape index (κ2) is 4.44. The standard InChI is InChI=1S/C12H14BrN3/c1-12(2-3-15-8-12)16-11-5-9(7-14)4-10(13)6-11/h4-6,15-16H,2-3,8H2,1H3. The molecule has 1 aromatic carbocycles. The summed E-state index contributed by atoms with van der Waals surface area (Å²) in [5.41, 5.74) is 1.76. The molecule has 0 radical (unpaired) electrons. The summed E-state index contributed by atoms with van der Waals surface area (Å²) in [5, 5.41) is 15.7. The molecule has 16 heavy (non-hydrogen) atoms. The van der Waals surface area contributed by atoms with E-state index < -0.39 is 0 Å². The Morgan fingerprint density at radius 2 is 2.31 bits per heavy atom. The zero-order chi connectivity index (χ0) is 11.6. The van der Waals surface area contributed by atoms with Crippen molar-refractivity contribution in [1.82, 2.24) is 5.32 Å². The minimum absolute atomic E-state index is 0.0908. The van der Waals surface area contributed by atoms with Crippen LogP contribution in [0.15, 0.2) is 22.7 Å². The Balaban J connectivity index is 2.21. The monoisotopic (exact) mass is 279 g/mol. The number of benzene rings is 1. The molecule has 1 aliphatic rings. The second-order valence-corrected chi connectivity index (χ2v) is 5.37. The predicted octanol–water partition coefficient (Wildman–Crippen LogP) is 2.48. The molecule has 1 fully saturated rings. The molecular weight excluding hydrogens is 266 g/mol. The van der Waals surface area contributed by atoms with E-state index in [-0.39, 0.29) is 5.54 Å². The Morgan fingerprint density at radius 3 is 2.94 bits per heavy atom. The Kier molecular flexibility index (Phi) is 3.17. The molecule has 0 spiro atoms. The summed E-state index contributed by atoms with van der Waals surface area (Å²) in [6.07, 6.45) is 1.10. The van der Waals surface area contributed by atoms with Crippen LogP contribution in [0.3, 0.4) is 0 Å². The van der Waals surface area contributed by atoms with Gasteiger partial charge in [0.1, 0.15) is 0 Å². The van der Waals surface area contributed by atoms with Crippen LogP contribution >= 0.6 is 15.9 Å². The lowest BCUT2D eigenvalue weighted by Gasteiger charge is -2.26. The first-order valence-corrected chi connectivity index (χ1v) is 6.10. The van der Waals surface area contributed by atoms with Gasteiger partial charge in [0.25, 0.3) is 0 Å². The first-order chi connectivity index (χ1) is 7.61. The lowest BCUT2D eigenvalue weighted by atomic mass is 10.0. The zero-order valence-electron chi connectivity index (χ0n) is 9.18. The number of nitriles is 1. The second-order valence-electron chi connectivity index (χ2n) is 4.45. The summed E-state index contributed by atoms with van der Waals surface area (Å²) in [5.74, 6) is 0. The van der Waals surface area contributed by atoms with E-state index in [1.165, 1.54) is 0 Å². The highest BCUT2D eigenvalue weighted by Gasteiger charge is 2.28. The van der Waals surface area contributed by atoms with Crippen molar-refractivity contribution in [3.05, 3.63) is 28.2 Å². The molecule has 1 heterocycles. The molecule has 0 aromatic heterocycles. The van der Waals surface area contributed by atoms with Gasteiger partial charge in [0.15, 0.2) is 0 Å². The molecule has 0 aliphatic carbocycles. The number of anilines is 1. The third kappa shape index (κ3) is 2.55. The normalized spacial score (nSPS) is 24.1. The number of rotatable bonds is 2. The van der Waals surface area contributed by atoms with Gasteiger partial charge in [-0.2, -0.15) is 5.26 Å². The van der Waals surface area contributed by atoms with Gasteiger partial charge in [0.2, 0.25) is 0 Å². The maximum absolute atomic E-state index is 8.90. The maximum atomic E-state index is 8.90. The van der Waals surface area contributed by atoms with Crippen molar-refractivity contribution in [3.63, 3.8) is 0 Å². The van der Waals surface area contributed by atoms with E-state index in [9.17, 15) is 0 Å². The summed E-state index contributed by atoms with van der Waals surface area (Å²) in [6, 6.07) is 7.87. The molecule has 1 aromatic rings. The molecule has 1 saturated heterocycles. The molecule has 1 atom stereocenters. The molecule has 3 nitrogen and oxygen atoms in total. The molecule has 0 amide bonds. The molecule has 1 aliphatic heterocycles. The SMILES string of the molecule is CC1(Nc2cc(Br)cc(C#N)c2)CCNC1. The largest absolute Gasteiger partial charge is 0.378 e. The van der Waals surface area contributed by atoms with Crippen molar-refractivity contribution < 1.29 is 0 Å². The Morgan fingerprint density at radius 1 is 1.50 bits per heavy atom. The lowest BCUT2D eigenvalue weighted by molar-refractivity contribution is 0.567. The van der Waals surface area contributed by atoms with Gasteiger partial charge in [-0.25, -0.2) is 0 Å². The molecule has 1 unspecified atom stereocenters. The first kappa shape index (κ1) is 11.4. The van der Waals surface area contributed by atoms with Gasteiger partial charge >= 0.3 is 0 Å². The summed E-state index contributed by atoms with van der Waals surface area (Å²) in [6.45, 7) is 4.20. The van der Waals surface area contributed by atoms with E-state index in [4.69, 9.17) is 5.26 Å². The van der Waals surface area contributed by atoms with Gasteiger partial charge in [0.05, 0.1) is 11.6 Å². The Hall–Kier alpha value is -1.05. The number of hydrogen-bond donors (Lipinski definition) is 2. The van der Waals surface area contributed by atoms with Crippen molar-refractivity contribution in [2.75, 3.05) is 18.4 Å². The van der Waals surface area contributed by atoms with E-state index in [1.54, 1.807) is 0 Å². The summed E-state index contributed by atoms with van der Waals surface area (Å²) < 4.78 is 0.934. The molecular formula is C12H14BrN3. The quantitative estimate of drug-likeness (QED) is 0.875. The van der Waals surface area contributed by atoms with Gasteiger partial charge in [-0.3, -0.25) is 0 Å². The minimum Gasteiger partial charge on any atom is -0.378 e. The maximum Gasteiger partial charge on any atom is 0.0992 e. The fourth-order valence-corrected chi connectivity index (χ4v) is 2.49. The minimum atomic E-state index is 0.0908. The van der Waals surface area contributed by atoms with Gasteiger partial charge in [0, 0.05) is 22.2 Å². The average Bonchev–Trinajstić information content (AvgIpc) is 2.63. The highest BCUT2D eigenvalue weighted by molar-refractivity contribution is 9.10. The molecule has 2 rings (SSSR count). The van der Waals surface area contributed by atoms with Crippen LogP contribution in [0.5, 0.6) is 0 Å². The van der Waals surface area contributed by atoms with E-state index in [0.29, 0.717) is 5.56 Å². The lowest BCUT2D eigenvalue weighted by Crippen LogP contribution is -2.36. The zero-order valence-corrected chi connectivity index (χ0v) is 10.8. The van der Waals surface area contributed by atoms with Crippen LogP contribution in [0, 0.1) is 11.3 Å². The number of nitrogens with one attached hydrogen (secondary N) is 2. The smallest absolute Gasteiger partial charge is 0.0992 e. The van der Waals surface area contributed by atoms with Crippen LogP contribution < -0.4 is 10.6 Å². The topological polar surface area (TPSA) is 47.9 Å². The van der Waals surface area contributed by atoms with Crippen molar-refractivity contribution in [2.24, 2.45) is 0 Å². The fraction of sp³-hybridized carbons (Fsp3) is 0.417. The van der Waals surface area contributed by atoms with Gasteiger partial charge < -0.3 is 10.6 Å². The van der Waals surface area contributed by atoms with E-state index in [0.717, 1.165) is 29.7 Å². The van der Waals surface area contributed by atoms with E-state index in [2.05, 4.69) is 39.6 Å². The van der Waals surface area contributed by atoms with E-state index in [1.807, 2.05) is 18.2 Å². The van der Waals surface area contributed by atoms with Crippen molar-refractivity contribution in [3.8, 4) is 6.07 Å². The van der Waals surface area contributed by atoms with Crippen LogP contribution in [-0.4, -0.2) is 18.6 Å². The summed E-state index contributed by atoms with van der Waals surface area (Å²) in [7, 11) is 0. The average molecular weight is 280 g/mol. The van der Waals surface area contributed by atoms with Gasteiger partial charge in [-0.15, -0.1) is 0 Å². The third-order valence-electron chi connectivity index (χ3n) is 2.84. The Bertz CT molecular complexity index is 430. The summed E-state index contributed by atoms with van der Waals surface area (Å²) >= 11 is 3.41. The first-order valence-electron chi connectivity index (χ1n) is 5.31. The fourth-order valence-electron chi connectivity index (χ4n) is 2.00. The highest BCUT2D eigenvalue weighted by Crippen LogP contribution is 2.25. The Labute approximate surface area is 104 Å². The molecule has 0 bridgehead atoms. The predicted molar refractivity (Wildman–Crippen MR) is 68.4 cm³/mol. The summed E-state index contributed by atoms with van der Waals surface area (Å²) in [4.78, 5) is 0. The van der Waals surface area contributed by atoms with Crippen LogP contribution in [0.1, 0.15) is 18.9 Å². The van der Waals surface area contributed by atoms with Crippen LogP contribution in [0.4, 0.5) is 5.69 Å². The highest BCUT2D eigenvalue weighted by atomic mass is 79.9. The van der Waals surface area contributed by atoms with E-state index >= 15 is 0 Å². The molecule has 84 valence electrons. The number of nitrogens with zero attached hydrogens (tertiary/aromatic N) is 1. The molecule has 4 heteroatoms. The molecule has 2 N–H and O–H groups in total. The molecule has 0 saturated carbocycles.